The van der Waals surface area contributed by atoms with Crippen molar-refractivity contribution in [2.45, 2.75) is 20.8 Å². The lowest BCUT2D eigenvalue weighted by atomic mass is 9.77. The second kappa shape index (κ2) is 4.67. The average Bonchev–Trinajstić information content (AvgIpc) is 2.33. The molecular weight excluding hydrogens is 242 g/mol. The molecule has 0 spiro atoms. The van der Waals surface area contributed by atoms with Crippen molar-refractivity contribution >= 4 is 5.78 Å². The lowest BCUT2D eigenvalue weighted by Crippen LogP contribution is -2.48. The van der Waals surface area contributed by atoms with Gasteiger partial charge in [0, 0.05) is 5.56 Å². The van der Waals surface area contributed by atoms with Crippen LogP contribution in [0.4, 0.5) is 0 Å². The molecule has 1 fully saturated rings. The topological polar surface area (TPSA) is 59.3 Å². The number of carbonyl (C=O) groups excluding carboxylic acids is 1. The molecule has 1 aromatic rings. The Labute approximate surface area is 112 Å². The Hall–Kier alpha value is -1.86. The Morgan fingerprint density at radius 1 is 1.37 bits per heavy atom. The van der Waals surface area contributed by atoms with Gasteiger partial charge >= 0.3 is 0 Å². The molecule has 0 N–H and O–H groups in total. The van der Waals surface area contributed by atoms with Crippen LogP contribution in [0.25, 0.3) is 0 Å². The number of aryl methyl sites for hydroxylation is 1. The summed E-state index contributed by atoms with van der Waals surface area (Å²) in [7, 11) is 1.61. The molecule has 100 valence electrons. The zero-order chi connectivity index (χ0) is 14.2. The van der Waals surface area contributed by atoms with Gasteiger partial charge in [0.25, 0.3) is 0 Å². The van der Waals surface area contributed by atoms with E-state index in [1.54, 1.807) is 7.11 Å². The summed E-state index contributed by atoms with van der Waals surface area (Å²) in [6.45, 7) is 6.05. The van der Waals surface area contributed by atoms with E-state index in [0.717, 1.165) is 22.4 Å². The van der Waals surface area contributed by atoms with Crippen molar-refractivity contribution in [3.8, 4) is 11.8 Å². The van der Waals surface area contributed by atoms with Crippen LogP contribution in [0.5, 0.6) is 5.75 Å². The standard InChI is InChI=1S/C15H17NO3/c1-9-5-12(18-4)10(2)11(3)13(9)14(17)15(6-16)7-19-8-15/h5H,7-8H2,1-4H3. The van der Waals surface area contributed by atoms with Crippen molar-refractivity contribution < 1.29 is 14.3 Å². The van der Waals surface area contributed by atoms with Crippen LogP contribution in [0, 0.1) is 37.5 Å². The summed E-state index contributed by atoms with van der Waals surface area (Å²) in [4.78, 5) is 12.6. The van der Waals surface area contributed by atoms with Gasteiger partial charge in [-0.05, 0) is 43.5 Å². The number of Topliss-reactive ketones (excluding diaryl/α,β-unsaturated/α-hetero) is 1. The lowest BCUT2D eigenvalue weighted by molar-refractivity contribution is -0.0566. The van der Waals surface area contributed by atoms with E-state index < -0.39 is 5.41 Å². The maximum absolute atomic E-state index is 12.6. The van der Waals surface area contributed by atoms with Crippen molar-refractivity contribution in [1.29, 1.82) is 5.26 Å². The molecule has 1 heterocycles. The molecule has 19 heavy (non-hydrogen) atoms. The van der Waals surface area contributed by atoms with Crippen LogP contribution in [-0.4, -0.2) is 26.1 Å². The Balaban J connectivity index is 2.55. The van der Waals surface area contributed by atoms with E-state index in [2.05, 4.69) is 6.07 Å². The van der Waals surface area contributed by atoms with E-state index in [1.165, 1.54) is 0 Å². The minimum Gasteiger partial charge on any atom is -0.496 e. The van der Waals surface area contributed by atoms with Gasteiger partial charge in [-0.15, -0.1) is 0 Å². The number of ether oxygens (including phenoxy) is 2. The molecule has 0 radical (unpaired) electrons. The normalized spacial score (nSPS) is 16.4. The predicted octanol–water partition coefficient (Wildman–Crippen LogP) is 2.34. The first-order chi connectivity index (χ1) is 8.96. The van der Waals surface area contributed by atoms with Gasteiger partial charge in [-0.3, -0.25) is 4.79 Å². The second-order valence-electron chi connectivity index (χ2n) is 5.04. The maximum Gasteiger partial charge on any atom is 0.188 e. The molecule has 4 heteroatoms. The van der Waals surface area contributed by atoms with E-state index in [-0.39, 0.29) is 19.0 Å². The summed E-state index contributed by atoms with van der Waals surface area (Å²) in [6.07, 6.45) is 0. The molecule has 4 nitrogen and oxygen atoms in total. The van der Waals surface area contributed by atoms with Crippen molar-refractivity contribution in [1.82, 2.24) is 0 Å². The van der Waals surface area contributed by atoms with Crippen LogP contribution in [0.15, 0.2) is 6.07 Å². The van der Waals surface area contributed by atoms with Crippen LogP contribution in [0.2, 0.25) is 0 Å². The molecule has 1 aromatic carbocycles. The molecule has 0 amide bonds. The second-order valence-corrected chi connectivity index (χ2v) is 5.04. The van der Waals surface area contributed by atoms with Gasteiger partial charge in [0.05, 0.1) is 26.4 Å². The van der Waals surface area contributed by atoms with E-state index in [9.17, 15) is 10.1 Å². The minimum atomic E-state index is -1.00. The Morgan fingerprint density at radius 2 is 2.00 bits per heavy atom. The van der Waals surface area contributed by atoms with E-state index in [4.69, 9.17) is 9.47 Å². The molecule has 0 aliphatic carbocycles. The third-order valence-electron chi connectivity index (χ3n) is 3.84. The molecule has 0 unspecified atom stereocenters. The summed E-state index contributed by atoms with van der Waals surface area (Å²) in [5, 5.41) is 9.24. The lowest BCUT2D eigenvalue weighted by Gasteiger charge is -2.34. The minimum absolute atomic E-state index is 0.137. The molecule has 1 aliphatic rings. The highest BCUT2D eigenvalue weighted by molar-refractivity contribution is 6.05. The van der Waals surface area contributed by atoms with Crippen LogP contribution in [-0.2, 0) is 4.74 Å². The van der Waals surface area contributed by atoms with Gasteiger partial charge in [-0.25, -0.2) is 0 Å². The summed E-state index contributed by atoms with van der Waals surface area (Å²) in [6, 6.07) is 3.96. The van der Waals surface area contributed by atoms with Crippen molar-refractivity contribution in [2.24, 2.45) is 5.41 Å². The van der Waals surface area contributed by atoms with Gasteiger partial charge in [-0.2, -0.15) is 5.26 Å². The zero-order valence-corrected chi connectivity index (χ0v) is 11.7. The van der Waals surface area contributed by atoms with Crippen LogP contribution in [0.1, 0.15) is 27.0 Å². The molecule has 0 saturated carbocycles. The number of nitriles is 1. The van der Waals surface area contributed by atoms with Crippen molar-refractivity contribution in [2.75, 3.05) is 20.3 Å². The molecule has 2 rings (SSSR count). The monoisotopic (exact) mass is 259 g/mol. The molecule has 1 aliphatic heterocycles. The van der Waals surface area contributed by atoms with Gasteiger partial charge in [-0.1, -0.05) is 0 Å². The van der Waals surface area contributed by atoms with Crippen LogP contribution < -0.4 is 4.74 Å². The van der Waals surface area contributed by atoms with Crippen molar-refractivity contribution in [3.05, 3.63) is 28.3 Å². The molecule has 0 atom stereocenters. The number of methoxy groups -OCH3 is 1. The SMILES string of the molecule is COc1cc(C)c(C(=O)C2(C#N)COC2)c(C)c1C. The molecule has 0 aromatic heterocycles. The maximum atomic E-state index is 12.6. The third-order valence-corrected chi connectivity index (χ3v) is 3.84. The summed E-state index contributed by atoms with van der Waals surface area (Å²) < 4.78 is 10.4. The summed E-state index contributed by atoms with van der Waals surface area (Å²) in [5.74, 6) is 0.629. The highest BCUT2D eigenvalue weighted by atomic mass is 16.5. The van der Waals surface area contributed by atoms with Gasteiger partial charge in [0.15, 0.2) is 11.2 Å². The van der Waals surface area contributed by atoms with E-state index in [1.807, 2.05) is 26.8 Å². The highest BCUT2D eigenvalue weighted by Crippen LogP contribution is 2.36. The molecule has 1 saturated heterocycles. The fraction of sp³-hybridized carbons (Fsp3) is 0.467. The number of benzene rings is 1. The van der Waals surface area contributed by atoms with Gasteiger partial charge in [0.2, 0.25) is 0 Å². The fourth-order valence-corrected chi connectivity index (χ4v) is 2.40. The predicted molar refractivity (Wildman–Crippen MR) is 70.4 cm³/mol. The third kappa shape index (κ3) is 1.91. The number of hydrogen-bond donors (Lipinski definition) is 0. The Morgan fingerprint density at radius 3 is 2.42 bits per heavy atom. The zero-order valence-electron chi connectivity index (χ0n) is 11.7. The molecule has 0 bridgehead atoms. The Kier molecular flexibility index (Phi) is 3.34. The van der Waals surface area contributed by atoms with Crippen LogP contribution in [0.3, 0.4) is 0 Å². The Bertz CT molecular complexity index is 580. The highest BCUT2D eigenvalue weighted by Gasteiger charge is 2.47. The first-order valence-corrected chi connectivity index (χ1v) is 6.15. The first kappa shape index (κ1) is 13.6. The summed E-state index contributed by atoms with van der Waals surface area (Å²) in [5.41, 5.74) is 2.28. The first-order valence-electron chi connectivity index (χ1n) is 6.15. The largest absolute Gasteiger partial charge is 0.496 e. The number of carbonyl (C=O) groups is 1. The average molecular weight is 259 g/mol. The number of nitrogens with zero attached hydrogens (tertiary/aromatic N) is 1. The number of ketones is 1. The van der Waals surface area contributed by atoms with E-state index in [0.29, 0.717) is 5.56 Å². The number of rotatable bonds is 3. The van der Waals surface area contributed by atoms with Gasteiger partial charge < -0.3 is 9.47 Å². The van der Waals surface area contributed by atoms with Crippen LogP contribution >= 0.6 is 0 Å². The van der Waals surface area contributed by atoms with Gasteiger partial charge in [0.1, 0.15) is 5.75 Å². The smallest absolute Gasteiger partial charge is 0.188 e. The molecular formula is C15H17NO3. The fourth-order valence-electron chi connectivity index (χ4n) is 2.40. The quantitative estimate of drug-likeness (QED) is 0.782. The van der Waals surface area contributed by atoms with Crippen molar-refractivity contribution in [3.63, 3.8) is 0 Å². The van der Waals surface area contributed by atoms with E-state index >= 15 is 0 Å². The summed E-state index contributed by atoms with van der Waals surface area (Å²) >= 11 is 0. The number of hydrogen-bond acceptors (Lipinski definition) is 4.